The molecule has 2 rings (SSSR count). The van der Waals surface area contributed by atoms with E-state index in [0.29, 0.717) is 10.6 Å². The van der Waals surface area contributed by atoms with Gasteiger partial charge < -0.3 is 0 Å². The number of thiol groups is 1. The third-order valence-electron chi connectivity index (χ3n) is 2.67. The Morgan fingerprint density at radius 3 is 2.45 bits per heavy atom. The molecule has 6 nitrogen and oxygen atoms in total. The topological polar surface area (TPSA) is 105 Å². The summed E-state index contributed by atoms with van der Waals surface area (Å²) < 4.78 is 0. The lowest BCUT2D eigenvalue weighted by atomic mass is 10.2. The highest BCUT2D eigenvalue weighted by Gasteiger charge is 1.99. The molecule has 0 aliphatic heterocycles. The molecule has 0 aromatic carbocycles. The smallest absolute Gasteiger partial charge is 0.265 e. The van der Waals surface area contributed by atoms with Gasteiger partial charge in [-0.05, 0) is 30.7 Å². The first-order valence-electron chi connectivity index (χ1n) is 6.72. The summed E-state index contributed by atoms with van der Waals surface area (Å²) in [6.07, 6.45) is 6.84. The van der Waals surface area contributed by atoms with Crippen LogP contribution in [0.1, 0.15) is 35.0 Å². The molecule has 116 valence electrons. The zero-order valence-electron chi connectivity index (χ0n) is 12.3. The molecule has 2 heterocycles. The fraction of sp³-hybridized carbons (Fsp3) is 0.200. The van der Waals surface area contributed by atoms with Crippen LogP contribution in [0.4, 0.5) is 0 Å². The molecule has 0 radical (unpaired) electrons. The fourth-order valence-electron chi connectivity index (χ4n) is 1.60. The summed E-state index contributed by atoms with van der Waals surface area (Å²) in [5, 5.41) is 7.60. The third-order valence-corrected chi connectivity index (χ3v) is 2.93. The van der Waals surface area contributed by atoms with Crippen LogP contribution in [0, 0.1) is 5.41 Å². The molecule has 2 aromatic rings. The van der Waals surface area contributed by atoms with Gasteiger partial charge in [-0.3, -0.25) is 25.6 Å². The van der Waals surface area contributed by atoms with Crippen molar-refractivity contribution in [2.45, 2.75) is 19.8 Å². The highest BCUT2D eigenvalue weighted by molar-refractivity contribution is 7.97. The molecule has 0 atom stereocenters. The second kappa shape index (κ2) is 9.64. The molecule has 0 aliphatic carbocycles. The third kappa shape index (κ3) is 6.02. The van der Waals surface area contributed by atoms with Crippen molar-refractivity contribution in [3.05, 3.63) is 59.7 Å². The second-order valence-corrected chi connectivity index (χ2v) is 4.79. The van der Waals surface area contributed by atoms with Crippen molar-refractivity contribution in [3.8, 4) is 0 Å². The van der Waals surface area contributed by atoms with Crippen molar-refractivity contribution in [1.29, 1.82) is 5.41 Å². The monoisotopic (exact) mass is 317 g/mol. The minimum Gasteiger partial charge on any atom is -0.294 e. The van der Waals surface area contributed by atoms with Crippen LogP contribution in [-0.4, -0.2) is 20.9 Å². The van der Waals surface area contributed by atoms with E-state index in [1.807, 2.05) is 11.5 Å². The number of carbonyl (C=O) groups excluding carboxylic acids is 1. The molecule has 0 bridgehead atoms. The van der Waals surface area contributed by atoms with Crippen molar-refractivity contribution >= 4 is 23.6 Å². The van der Waals surface area contributed by atoms with Crippen LogP contribution in [0.15, 0.2) is 42.9 Å². The number of carbonyl (C=O) groups is 1. The Kier molecular flexibility index (Phi) is 7.80. The van der Waals surface area contributed by atoms with Crippen LogP contribution < -0.4 is 11.3 Å². The summed E-state index contributed by atoms with van der Waals surface area (Å²) in [7, 11) is 0. The minimum atomic E-state index is -0.303. The first-order valence-corrected chi connectivity index (χ1v) is 7.17. The number of nitrogen functional groups attached to an aromatic ring is 1. The van der Waals surface area contributed by atoms with Gasteiger partial charge in [0.15, 0.2) is 0 Å². The van der Waals surface area contributed by atoms with Gasteiger partial charge in [0.1, 0.15) is 0 Å². The zero-order chi connectivity index (χ0) is 16.4. The molecule has 0 saturated heterocycles. The Bertz CT molecular complexity index is 618. The van der Waals surface area contributed by atoms with Crippen molar-refractivity contribution < 1.29 is 4.79 Å². The summed E-state index contributed by atoms with van der Waals surface area (Å²) in [6.45, 7) is 2.11. The van der Waals surface area contributed by atoms with E-state index in [4.69, 9.17) is 11.3 Å². The van der Waals surface area contributed by atoms with Crippen molar-refractivity contribution in [1.82, 2.24) is 15.4 Å². The van der Waals surface area contributed by atoms with Crippen LogP contribution in [0.3, 0.4) is 0 Å². The molecular weight excluding hydrogens is 298 g/mol. The summed E-state index contributed by atoms with van der Waals surface area (Å²) in [4.78, 5) is 18.7. The van der Waals surface area contributed by atoms with E-state index < -0.39 is 0 Å². The van der Waals surface area contributed by atoms with Gasteiger partial charge in [0.2, 0.25) is 0 Å². The van der Waals surface area contributed by atoms with Crippen LogP contribution in [0.2, 0.25) is 0 Å². The van der Waals surface area contributed by atoms with Crippen LogP contribution >= 0.6 is 12.6 Å². The Morgan fingerprint density at radius 2 is 1.91 bits per heavy atom. The number of nitrogens with zero attached hydrogens (tertiary/aromatic N) is 2. The van der Waals surface area contributed by atoms with Crippen molar-refractivity contribution in [3.63, 3.8) is 0 Å². The Hall–Kier alpha value is -2.25. The van der Waals surface area contributed by atoms with E-state index in [1.165, 1.54) is 12.4 Å². The summed E-state index contributed by atoms with van der Waals surface area (Å²) >= 11 is 3.96. The molecular formula is C15H19N5OS. The number of aromatic nitrogens is 2. The maximum Gasteiger partial charge on any atom is 0.265 e. The Labute approximate surface area is 135 Å². The van der Waals surface area contributed by atoms with E-state index in [1.54, 1.807) is 24.4 Å². The van der Waals surface area contributed by atoms with Gasteiger partial charge in [0, 0.05) is 35.4 Å². The molecule has 0 spiro atoms. The number of rotatable bonds is 4. The fourth-order valence-corrected chi connectivity index (χ4v) is 1.74. The van der Waals surface area contributed by atoms with E-state index in [2.05, 4.69) is 29.5 Å². The van der Waals surface area contributed by atoms with Crippen molar-refractivity contribution in [2.75, 3.05) is 0 Å². The number of nitrogens with one attached hydrogen (secondary N) is 2. The van der Waals surface area contributed by atoms with Gasteiger partial charge in [0.05, 0.1) is 5.04 Å². The quantitative estimate of drug-likeness (QED) is 0.173. The lowest BCUT2D eigenvalue weighted by molar-refractivity contribution is 0.0953. The Morgan fingerprint density at radius 1 is 1.27 bits per heavy atom. The zero-order valence-corrected chi connectivity index (χ0v) is 13.2. The molecule has 0 saturated carbocycles. The molecule has 1 amide bonds. The molecule has 0 unspecified atom stereocenters. The number of nitrogens with two attached hydrogens (primary N) is 1. The number of aryl methyl sites for hydroxylation is 1. The molecule has 2 aromatic heterocycles. The average molecular weight is 317 g/mol. The lowest BCUT2D eigenvalue weighted by Gasteiger charge is -2.00. The van der Waals surface area contributed by atoms with E-state index in [-0.39, 0.29) is 5.91 Å². The lowest BCUT2D eigenvalue weighted by Crippen LogP contribution is -2.29. The van der Waals surface area contributed by atoms with E-state index in [9.17, 15) is 4.79 Å². The number of hydrazine groups is 1. The first kappa shape index (κ1) is 17.8. The number of hydrogen-bond acceptors (Lipinski definition) is 5. The summed E-state index contributed by atoms with van der Waals surface area (Å²) in [6, 6.07) is 6.89. The predicted molar refractivity (Wildman–Crippen MR) is 89.9 cm³/mol. The van der Waals surface area contributed by atoms with E-state index >= 15 is 0 Å². The van der Waals surface area contributed by atoms with Gasteiger partial charge in [-0.2, -0.15) is 0 Å². The first-order chi connectivity index (χ1) is 10.6. The average Bonchev–Trinajstić information content (AvgIpc) is 2.56. The highest BCUT2D eigenvalue weighted by Crippen LogP contribution is 2.06. The summed E-state index contributed by atoms with van der Waals surface area (Å²) in [5.41, 5.74) is 4.41. The molecule has 0 fully saturated rings. The van der Waals surface area contributed by atoms with Gasteiger partial charge in [-0.25, -0.2) is 5.84 Å². The van der Waals surface area contributed by atoms with Crippen LogP contribution in [0.25, 0.3) is 0 Å². The molecule has 22 heavy (non-hydrogen) atoms. The second-order valence-electron chi connectivity index (χ2n) is 4.34. The normalized spacial score (nSPS) is 9.41. The number of pyridine rings is 2. The maximum absolute atomic E-state index is 10.7. The number of hydrogen-bond donors (Lipinski definition) is 4. The highest BCUT2D eigenvalue weighted by atomic mass is 32.1. The van der Waals surface area contributed by atoms with Crippen molar-refractivity contribution in [2.24, 2.45) is 5.84 Å². The maximum atomic E-state index is 10.7. The number of amides is 1. The minimum absolute atomic E-state index is 0.301. The molecule has 7 heteroatoms. The van der Waals surface area contributed by atoms with E-state index in [0.717, 1.165) is 24.1 Å². The largest absolute Gasteiger partial charge is 0.294 e. The van der Waals surface area contributed by atoms with Gasteiger partial charge in [0.25, 0.3) is 5.91 Å². The van der Waals surface area contributed by atoms with Gasteiger partial charge in [-0.15, -0.1) is 12.6 Å². The summed E-state index contributed by atoms with van der Waals surface area (Å²) in [5.74, 6) is 4.58. The van der Waals surface area contributed by atoms with Gasteiger partial charge in [-0.1, -0.05) is 13.3 Å². The predicted octanol–water partition coefficient (Wildman–Crippen LogP) is 1.97. The van der Waals surface area contributed by atoms with Crippen LogP contribution in [-0.2, 0) is 6.42 Å². The van der Waals surface area contributed by atoms with Crippen LogP contribution in [0.5, 0.6) is 0 Å². The molecule has 4 N–H and O–H groups in total. The van der Waals surface area contributed by atoms with Gasteiger partial charge >= 0.3 is 0 Å². The standard InChI is InChI=1S/C9H12N2S.C6H7N3O/c1-2-3-8-6-7(9(10)12)4-5-11-8;7-9-6(10)5-1-3-8-4-2-5/h4-6H,2-3H2,1H3,(H2,10,12);1-4H,7H2,(H,9,10). The Balaban J connectivity index is 0.000000224. The SMILES string of the molecule is CCCc1cc(C(=N)S)ccn1.NNC(=O)c1ccncc1. The molecule has 0 aliphatic rings.